The zero-order valence-electron chi connectivity index (χ0n) is 28.1. The number of nitrogens with one attached hydrogen (secondary N) is 3. The number of halogens is 1. The minimum absolute atomic E-state index is 0.0223. The molecule has 1 unspecified atom stereocenters. The van der Waals surface area contributed by atoms with Crippen LogP contribution in [0.15, 0.2) is 47.0 Å². The van der Waals surface area contributed by atoms with Gasteiger partial charge in [0.05, 0.1) is 18.8 Å². The Hall–Kier alpha value is -4.56. The summed E-state index contributed by atoms with van der Waals surface area (Å²) in [5, 5.41) is 11.8. The molecule has 3 aromatic rings. The van der Waals surface area contributed by atoms with Gasteiger partial charge in [-0.3, -0.25) is 23.9 Å². The average Bonchev–Trinajstić information content (AvgIpc) is 3.71. The number of rotatable bonds is 12. The molecule has 1 aliphatic heterocycles. The second-order valence-electron chi connectivity index (χ2n) is 11.6. The number of piperazine rings is 1. The molecule has 4 rings (SSSR count). The molecule has 13 nitrogen and oxygen atoms in total. The van der Waals surface area contributed by atoms with E-state index < -0.39 is 29.6 Å². The zero-order valence-corrected chi connectivity index (χ0v) is 28.1. The van der Waals surface area contributed by atoms with Crippen molar-refractivity contribution >= 4 is 29.3 Å². The summed E-state index contributed by atoms with van der Waals surface area (Å²) in [5.41, 5.74) is 0.674. The van der Waals surface area contributed by atoms with E-state index in [1.807, 2.05) is 33.0 Å². The van der Waals surface area contributed by atoms with Crippen LogP contribution in [0.25, 0.3) is 0 Å². The molecular weight excluding hydrogens is 607 g/mol. The second kappa shape index (κ2) is 18.0. The Morgan fingerprint density at radius 2 is 1.70 bits per heavy atom. The lowest BCUT2D eigenvalue weighted by Crippen LogP contribution is -2.55. The van der Waals surface area contributed by atoms with Crippen molar-refractivity contribution in [3.8, 4) is 0 Å². The van der Waals surface area contributed by atoms with Crippen molar-refractivity contribution in [3.63, 3.8) is 0 Å². The van der Waals surface area contributed by atoms with E-state index in [0.29, 0.717) is 56.3 Å². The Morgan fingerprint density at radius 1 is 1.00 bits per heavy atom. The predicted octanol–water partition coefficient (Wildman–Crippen LogP) is 2.60. The monoisotopic (exact) mass is 654 g/mol. The predicted molar refractivity (Wildman–Crippen MR) is 176 cm³/mol. The van der Waals surface area contributed by atoms with Crippen molar-refractivity contribution in [1.29, 1.82) is 0 Å². The minimum atomic E-state index is -0.972. The highest BCUT2D eigenvalue weighted by Gasteiger charge is 2.29. The summed E-state index contributed by atoms with van der Waals surface area (Å²) < 4.78 is 22.3. The van der Waals surface area contributed by atoms with Crippen LogP contribution in [0.2, 0.25) is 0 Å². The summed E-state index contributed by atoms with van der Waals surface area (Å²) >= 11 is 0. The number of benzene rings is 1. The van der Waals surface area contributed by atoms with Crippen molar-refractivity contribution < 1.29 is 28.0 Å². The third-order valence-corrected chi connectivity index (χ3v) is 7.18. The molecule has 0 spiro atoms. The van der Waals surface area contributed by atoms with E-state index in [1.165, 1.54) is 35.5 Å². The Bertz CT molecular complexity index is 1500. The number of hydrogen-bond acceptors (Lipinski definition) is 8. The highest BCUT2D eigenvalue weighted by atomic mass is 19.1. The standard InChI is InChI=1S/C30H39FN8O5.C3H8/c1-5-39-25(10-11-33-39)28(41)32-18-27(40)34-23-8-6-20(16-22(23)31)17-24(30(43)38-14-12-37(4)13-15-38)35-29(42)26-9-7-21(44-26)19-36(2)3;1-3-2/h6-11,16,24H,5,12-15,17-19H2,1-4H3,(H,32,41)(H,34,40)(H,35,42);3H2,1-2H3. The first kappa shape index (κ1) is 36.9. The van der Waals surface area contributed by atoms with Gasteiger partial charge in [-0.2, -0.15) is 5.10 Å². The fourth-order valence-electron chi connectivity index (χ4n) is 4.82. The number of amides is 4. The van der Waals surface area contributed by atoms with E-state index in [2.05, 4.69) is 39.8 Å². The second-order valence-corrected chi connectivity index (χ2v) is 11.6. The van der Waals surface area contributed by atoms with Gasteiger partial charge < -0.3 is 35.1 Å². The fourth-order valence-corrected chi connectivity index (χ4v) is 4.82. The maximum atomic E-state index is 15.1. The summed E-state index contributed by atoms with van der Waals surface area (Å²) in [7, 11) is 5.74. The van der Waals surface area contributed by atoms with Crippen LogP contribution in [0.1, 0.15) is 59.6 Å². The van der Waals surface area contributed by atoms with Crippen molar-refractivity contribution in [3.05, 3.63) is 71.2 Å². The molecule has 14 heteroatoms. The number of nitrogens with zero attached hydrogens (tertiary/aromatic N) is 5. The van der Waals surface area contributed by atoms with Gasteiger partial charge in [0.25, 0.3) is 11.8 Å². The maximum Gasteiger partial charge on any atom is 0.287 e. The van der Waals surface area contributed by atoms with Crippen LogP contribution >= 0.6 is 0 Å². The first-order valence-corrected chi connectivity index (χ1v) is 15.9. The molecule has 4 amide bonds. The lowest BCUT2D eigenvalue weighted by molar-refractivity contribution is -0.134. The summed E-state index contributed by atoms with van der Waals surface area (Å²) in [6.07, 6.45) is 2.76. The lowest BCUT2D eigenvalue weighted by atomic mass is 10.0. The molecule has 1 fully saturated rings. The van der Waals surface area contributed by atoms with Gasteiger partial charge in [-0.25, -0.2) is 4.39 Å². The highest BCUT2D eigenvalue weighted by molar-refractivity contribution is 5.98. The van der Waals surface area contributed by atoms with Crippen LogP contribution in [-0.2, 0) is 29.1 Å². The van der Waals surface area contributed by atoms with E-state index in [9.17, 15) is 19.2 Å². The van der Waals surface area contributed by atoms with E-state index >= 15 is 4.39 Å². The molecule has 1 aliphatic rings. The Labute approximate surface area is 275 Å². The Balaban J connectivity index is 0.00000192. The molecule has 47 heavy (non-hydrogen) atoms. The van der Waals surface area contributed by atoms with Gasteiger partial charge in [0.2, 0.25) is 11.8 Å². The summed E-state index contributed by atoms with van der Waals surface area (Å²) in [5.74, 6) is -1.95. The third kappa shape index (κ3) is 11.0. The van der Waals surface area contributed by atoms with Crippen molar-refractivity contribution in [1.82, 2.24) is 35.1 Å². The molecular formula is C33H47FN8O5. The fraction of sp³-hybridized carbons (Fsp3) is 0.485. The minimum Gasteiger partial charge on any atom is -0.455 e. The van der Waals surface area contributed by atoms with Crippen LogP contribution < -0.4 is 16.0 Å². The number of likely N-dealkylation sites (N-methyl/N-ethyl adjacent to an activating group) is 1. The van der Waals surface area contributed by atoms with Gasteiger partial charge in [0.1, 0.15) is 23.3 Å². The number of anilines is 1. The van der Waals surface area contributed by atoms with Crippen LogP contribution in [0.5, 0.6) is 0 Å². The molecule has 256 valence electrons. The molecule has 3 heterocycles. The molecule has 2 aromatic heterocycles. The number of carbonyl (C=O) groups is 4. The van der Waals surface area contributed by atoms with E-state index in [-0.39, 0.29) is 30.3 Å². The van der Waals surface area contributed by atoms with Gasteiger partial charge in [0.15, 0.2) is 5.76 Å². The number of hydrogen-bond donors (Lipinski definition) is 3. The Morgan fingerprint density at radius 3 is 2.34 bits per heavy atom. The molecule has 0 radical (unpaired) electrons. The van der Waals surface area contributed by atoms with Gasteiger partial charge in [-0.15, -0.1) is 0 Å². The first-order valence-electron chi connectivity index (χ1n) is 15.9. The topological polar surface area (TPSA) is 145 Å². The molecule has 1 atom stereocenters. The van der Waals surface area contributed by atoms with Gasteiger partial charge in [-0.05, 0) is 64.0 Å². The van der Waals surface area contributed by atoms with Crippen LogP contribution in [-0.4, -0.2) is 108 Å². The van der Waals surface area contributed by atoms with Crippen LogP contribution in [0, 0.1) is 5.82 Å². The third-order valence-electron chi connectivity index (χ3n) is 7.18. The lowest BCUT2D eigenvalue weighted by Gasteiger charge is -2.34. The highest BCUT2D eigenvalue weighted by Crippen LogP contribution is 2.18. The van der Waals surface area contributed by atoms with E-state index in [4.69, 9.17) is 4.42 Å². The van der Waals surface area contributed by atoms with Gasteiger partial charge in [0, 0.05) is 45.3 Å². The van der Waals surface area contributed by atoms with E-state index in [0.717, 1.165) is 0 Å². The first-order chi connectivity index (χ1) is 22.4. The molecule has 3 N–H and O–H groups in total. The van der Waals surface area contributed by atoms with Gasteiger partial charge >= 0.3 is 0 Å². The number of aromatic nitrogens is 2. The quantitative estimate of drug-likeness (QED) is 0.270. The Kier molecular flexibility index (Phi) is 14.1. The SMILES string of the molecule is CCC.CCn1nccc1C(=O)NCC(=O)Nc1ccc(CC(NC(=O)c2ccc(CN(C)C)o2)C(=O)N2CCN(C)CC2)cc1F. The summed E-state index contributed by atoms with van der Waals surface area (Å²) in [4.78, 5) is 57.1. The van der Waals surface area contributed by atoms with Gasteiger partial charge in [-0.1, -0.05) is 26.3 Å². The van der Waals surface area contributed by atoms with Crippen molar-refractivity contribution in [2.24, 2.45) is 0 Å². The summed E-state index contributed by atoms with van der Waals surface area (Å²) in [6.45, 7) is 9.13. The van der Waals surface area contributed by atoms with Crippen molar-refractivity contribution in [2.75, 3.05) is 59.2 Å². The number of aryl methyl sites for hydroxylation is 1. The summed E-state index contributed by atoms with van der Waals surface area (Å²) in [6, 6.07) is 8.01. The smallest absolute Gasteiger partial charge is 0.287 e. The molecule has 0 bridgehead atoms. The number of carbonyl (C=O) groups excluding carboxylic acids is 4. The van der Waals surface area contributed by atoms with Crippen molar-refractivity contribution in [2.45, 2.75) is 52.7 Å². The molecule has 0 saturated carbocycles. The molecule has 1 aromatic carbocycles. The average molecular weight is 655 g/mol. The molecule has 0 aliphatic carbocycles. The maximum absolute atomic E-state index is 15.1. The van der Waals surface area contributed by atoms with E-state index in [1.54, 1.807) is 23.1 Å². The normalized spacial score (nSPS) is 13.8. The van der Waals surface area contributed by atoms with Crippen LogP contribution in [0.3, 0.4) is 0 Å². The number of furan rings is 1. The largest absolute Gasteiger partial charge is 0.455 e. The zero-order chi connectivity index (χ0) is 34.5. The molecule has 1 saturated heterocycles. The van der Waals surface area contributed by atoms with Crippen LogP contribution in [0.4, 0.5) is 10.1 Å².